The summed E-state index contributed by atoms with van der Waals surface area (Å²) in [6, 6.07) is 12.6. The Morgan fingerprint density at radius 3 is 2.67 bits per heavy atom. The second-order valence-electron chi connectivity index (χ2n) is 5.53. The van der Waals surface area contributed by atoms with Crippen LogP contribution in [0.15, 0.2) is 36.4 Å². The Labute approximate surface area is 132 Å². The van der Waals surface area contributed by atoms with E-state index in [9.17, 15) is 0 Å². The lowest BCUT2D eigenvalue weighted by Crippen LogP contribution is -2.23. The highest BCUT2D eigenvalue weighted by molar-refractivity contribution is 6.31. The molecule has 0 aliphatic rings. The van der Waals surface area contributed by atoms with Gasteiger partial charge in [0.15, 0.2) is 0 Å². The molecule has 112 valence electrons. The van der Waals surface area contributed by atoms with Crippen molar-refractivity contribution in [2.24, 2.45) is 0 Å². The Morgan fingerprint density at radius 1 is 1.24 bits per heavy atom. The van der Waals surface area contributed by atoms with Crippen molar-refractivity contribution in [2.75, 3.05) is 11.9 Å². The number of nitrogens with one attached hydrogen (secondary N) is 1. The second kappa shape index (κ2) is 6.92. The maximum Gasteiger partial charge on any atom is 0.133 e. The van der Waals surface area contributed by atoms with Gasteiger partial charge in [-0.05, 0) is 36.8 Å². The van der Waals surface area contributed by atoms with Crippen LogP contribution in [0.4, 0.5) is 11.5 Å². The molecule has 1 aromatic carbocycles. The fraction of sp³-hybridized carbons (Fsp3) is 0.353. The van der Waals surface area contributed by atoms with Gasteiger partial charge in [-0.3, -0.25) is 0 Å². The summed E-state index contributed by atoms with van der Waals surface area (Å²) in [6.07, 6.45) is 0. The first-order valence-electron chi connectivity index (χ1n) is 7.16. The molecule has 0 amide bonds. The Balaban J connectivity index is 2.25. The summed E-state index contributed by atoms with van der Waals surface area (Å²) in [6.45, 7) is 6.98. The molecule has 0 spiro atoms. The zero-order chi connectivity index (χ0) is 15.4. The molecule has 0 bridgehead atoms. The van der Waals surface area contributed by atoms with Crippen LogP contribution in [0, 0.1) is 6.92 Å². The van der Waals surface area contributed by atoms with Gasteiger partial charge in [-0.2, -0.15) is 0 Å². The molecule has 0 saturated carbocycles. The molecule has 0 aliphatic heterocycles. The number of aryl methyl sites for hydroxylation is 1. The van der Waals surface area contributed by atoms with Crippen LogP contribution in [0.5, 0.6) is 0 Å². The highest BCUT2D eigenvalue weighted by Gasteiger charge is 2.09. The maximum atomic E-state index is 6.23. The molecular weight excluding hydrogens is 282 g/mol. The predicted molar refractivity (Wildman–Crippen MR) is 90.5 cm³/mol. The number of halogens is 1. The Hall–Kier alpha value is -1.58. The van der Waals surface area contributed by atoms with E-state index < -0.39 is 0 Å². The molecule has 0 atom stereocenters. The fourth-order valence-electron chi connectivity index (χ4n) is 2.05. The molecule has 1 heterocycles. The Kier molecular flexibility index (Phi) is 5.21. The summed E-state index contributed by atoms with van der Waals surface area (Å²) in [5, 5.41) is 4.05. The van der Waals surface area contributed by atoms with Crippen LogP contribution in [0.3, 0.4) is 0 Å². The number of rotatable bonds is 5. The van der Waals surface area contributed by atoms with Crippen molar-refractivity contribution in [3.05, 3.63) is 52.7 Å². The minimum atomic E-state index is 0.404. The van der Waals surface area contributed by atoms with E-state index in [1.165, 1.54) is 5.56 Å². The highest BCUT2D eigenvalue weighted by atomic mass is 35.5. The molecule has 0 unspecified atom stereocenters. The van der Waals surface area contributed by atoms with E-state index in [0.29, 0.717) is 17.6 Å². The third-order valence-electron chi connectivity index (χ3n) is 3.31. The first-order valence-corrected chi connectivity index (χ1v) is 7.54. The minimum absolute atomic E-state index is 0.404. The number of aromatic nitrogens is 1. The van der Waals surface area contributed by atoms with Crippen molar-refractivity contribution in [2.45, 2.75) is 33.4 Å². The summed E-state index contributed by atoms with van der Waals surface area (Å²) in [5.74, 6) is 0.894. The van der Waals surface area contributed by atoms with Crippen LogP contribution in [0.1, 0.15) is 25.1 Å². The van der Waals surface area contributed by atoms with E-state index in [2.05, 4.69) is 60.2 Å². The first kappa shape index (κ1) is 15.8. The first-order chi connectivity index (χ1) is 9.97. The van der Waals surface area contributed by atoms with E-state index >= 15 is 0 Å². The Morgan fingerprint density at radius 2 is 2.00 bits per heavy atom. The Bertz CT molecular complexity index is 611. The lowest BCUT2D eigenvalue weighted by molar-refractivity contribution is 0.581. The summed E-state index contributed by atoms with van der Waals surface area (Å²) < 4.78 is 0. The average Bonchev–Trinajstić information content (AvgIpc) is 2.45. The van der Waals surface area contributed by atoms with Crippen LogP contribution < -0.4 is 10.2 Å². The monoisotopic (exact) mass is 303 g/mol. The fourth-order valence-corrected chi connectivity index (χ4v) is 2.23. The van der Waals surface area contributed by atoms with Gasteiger partial charge in [-0.1, -0.05) is 37.6 Å². The van der Waals surface area contributed by atoms with Crippen LogP contribution in [0.25, 0.3) is 0 Å². The van der Waals surface area contributed by atoms with Gasteiger partial charge < -0.3 is 10.2 Å². The molecule has 21 heavy (non-hydrogen) atoms. The van der Waals surface area contributed by atoms with Crippen molar-refractivity contribution in [3.63, 3.8) is 0 Å². The molecule has 0 aliphatic carbocycles. The van der Waals surface area contributed by atoms with Gasteiger partial charge in [0, 0.05) is 25.3 Å². The van der Waals surface area contributed by atoms with Crippen molar-refractivity contribution in [3.8, 4) is 0 Å². The standard InChI is InChI=1S/C17H22ClN3/c1-12(2)19-11-16-15(18)8-9-17(20-16)21(4)14-7-5-6-13(3)10-14/h5-10,12,19H,11H2,1-4H3. The maximum absolute atomic E-state index is 6.23. The summed E-state index contributed by atoms with van der Waals surface area (Å²) >= 11 is 6.23. The molecule has 3 nitrogen and oxygen atoms in total. The summed E-state index contributed by atoms with van der Waals surface area (Å²) in [4.78, 5) is 6.75. The van der Waals surface area contributed by atoms with E-state index in [-0.39, 0.29) is 0 Å². The summed E-state index contributed by atoms with van der Waals surface area (Å²) in [5.41, 5.74) is 3.23. The molecule has 1 N–H and O–H groups in total. The minimum Gasteiger partial charge on any atom is -0.329 e. The molecule has 1 aromatic heterocycles. The molecule has 2 rings (SSSR count). The van der Waals surface area contributed by atoms with Gasteiger partial charge in [0.2, 0.25) is 0 Å². The molecule has 0 fully saturated rings. The van der Waals surface area contributed by atoms with Crippen LogP contribution in [-0.2, 0) is 6.54 Å². The molecular formula is C17H22ClN3. The molecule has 0 saturated heterocycles. The van der Waals surface area contributed by atoms with Gasteiger partial charge >= 0.3 is 0 Å². The highest BCUT2D eigenvalue weighted by Crippen LogP contribution is 2.25. The lowest BCUT2D eigenvalue weighted by atomic mass is 10.2. The average molecular weight is 304 g/mol. The van der Waals surface area contributed by atoms with E-state index in [4.69, 9.17) is 11.6 Å². The van der Waals surface area contributed by atoms with Crippen molar-refractivity contribution in [1.29, 1.82) is 0 Å². The zero-order valence-corrected chi connectivity index (χ0v) is 13.8. The van der Waals surface area contributed by atoms with E-state index in [1.54, 1.807) is 0 Å². The number of anilines is 2. The molecule has 0 radical (unpaired) electrons. The van der Waals surface area contributed by atoms with Gasteiger partial charge in [0.1, 0.15) is 5.82 Å². The number of benzene rings is 1. The van der Waals surface area contributed by atoms with Gasteiger partial charge in [0.25, 0.3) is 0 Å². The smallest absolute Gasteiger partial charge is 0.133 e. The van der Waals surface area contributed by atoms with Crippen LogP contribution in [-0.4, -0.2) is 18.1 Å². The SMILES string of the molecule is Cc1cccc(N(C)c2ccc(Cl)c(CNC(C)C)n2)c1. The second-order valence-corrected chi connectivity index (χ2v) is 5.94. The topological polar surface area (TPSA) is 28.2 Å². The van der Waals surface area contributed by atoms with Crippen LogP contribution in [0.2, 0.25) is 5.02 Å². The number of hydrogen-bond acceptors (Lipinski definition) is 3. The number of nitrogens with zero attached hydrogens (tertiary/aromatic N) is 2. The van der Waals surface area contributed by atoms with E-state index in [1.807, 2.05) is 19.2 Å². The van der Waals surface area contributed by atoms with Crippen molar-refractivity contribution < 1.29 is 0 Å². The predicted octanol–water partition coefficient (Wildman–Crippen LogP) is 4.31. The third-order valence-corrected chi connectivity index (χ3v) is 3.66. The molecule has 4 heteroatoms. The van der Waals surface area contributed by atoms with Crippen molar-refractivity contribution >= 4 is 23.1 Å². The number of hydrogen-bond donors (Lipinski definition) is 1. The van der Waals surface area contributed by atoms with Gasteiger partial charge in [0.05, 0.1) is 10.7 Å². The quantitative estimate of drug-likeness (QED) is 0.892. The summed E-state index contributed by atoms with van der Waals surface area (Å²) in [7, 11) is 2.02. The largest absolute Gasteiger partial charge is 0.329 e. The third kappa shape index (κ3) is 4.19. The van der Waals surface area contributed by atoms with E-state index in [0.717, 1.165) is 17.2 Å². The normalized spacial score (nSPS) is 11.0. The molecule has 2 aromatic rings. The van der Waals surface area contributed by atoms with Gasteiger partial charge in [-0.15, -0.1) is 0 Å². The van der Waals surface area contributed by atoms with Crippen molar-refractivity contribution in [1.82, 2.24) is 10.3 Å². The zero-order valence-electron chi connectivity index (χ0n) is 13.0. The van der Waals surface area contributed by atoms with Gasteiger partial charge in [-0.25, -0.2) is 4.98 Å². The lowest BCUT2D eigenvalue weighted by Gasteiger charge is -2.20. The van der Waals surface area contributed by atoms with Crippen LogP contribution >= 0.6 is 11.6 Å². The number of pyridine rings is 1.